The van der Waals surface area contributed by atoms with Crippen LogP contribution in [0.1, 0.15) is 25.0 Å². The minimum Gasteiger partial charge on any atom is -0.308 e. The van der Waals surface area contributed by atoms with Gasteiger partial charge in [-0.2, -0.15) is 9.97 Å². The lowest BCUT2D eigenvalue weighted by atomic mass is 9.81. The molecule has 0 unspecified atom stereocenters. The van der Waals surface area contributed by atoms with Crippen molar-refractivity contribution in [1.82, 2.24) is 24.1 Å². The number of rotatable bonds is 4. The van der Waals surface area contributed by atoms with Crippen LogP contribution in [0.2, 0.25) is 0 Å². The zero-order chi connectivity index (χ0) is 32.7. The fourth-order valence-corrected chi connectivity index (χ4v) is 8.03. The van der Waals surface area contributed by atoms with Gasteiger partial charge in [0.25, 0.3) is 0 Å². The third-order valence-electron chi connectivity index (χ3n) is 10.1. The average Bonchev–Trinajstić information content (AvgIpc) is 3.77. The van der Waals surface area contributed by atoms with Crippen LogP contribution in [-0.4, -0.2) is 24.1 Å². The summed E-state index contributed by atoms with van der Waals surface area (Å²) in [4.78, 5) is 15.3. The first-order valence-electron chi connectivity index (χ1n) is 16.7. The summed E-state index contributed by atoms with van der Waals surface area (Å²) >= 11 is 0. The van der Waals surface area contributed by atoms with E-state index in [2.05, 4.69) is 138 Å². The largest absolute Gasteiger partial charge is 0.308 e. The molecule has 0 radical (unpaired) electrons. The van der Waals surface area contributed by atoms with Gasteiger partial charge in [-0.3, -0.25) is 4.57 Å². The number of aromatic nitrogens is 5. The van der Waals surface area contributed by atoms with Crippen LogP contribution in [0, 0.1) is 0 Å². The minimum atomic E-state index is -0.167. The van der Waals surface area contributed by atoms with E-state index in [-0.39, 0.29) is 5.41 Å². The molecule has 0 saturated heterocycles. The predicted octanol–water partition coefficient (Wildman–Crippen LogP) is 10.6. The van der Waals surface area contributed by atoms with E-state index in [0.29, 0.717) is 17.6 Å². The highest BCUT2D eigenvalue weighted by Crippen LogP contribution is 2.55. The summed E-state index contributed by atoms with van der Waals surface area (Å²) in [7, 11) is 0. The molecule has 0 spiro atoms. The van der Waals surface area contributed by atoms with E-state index >= 15 is 0 Å². The molecule has 5 nitrogen and oxygen atoms in total. The van der Waals surface area contributed by atoms with Crippen LogP contribution in [0.15, 0.2) is 152 Å². The highest BCUT2D eigenvalue weighted by Gasteiger charge is 2.41. The van der Waals surface area contributed by atoms with Crippen molar-refractivity contribution in [2.45, 2.75) is 19.3 Å². The Labute approximate surface area is 283 Å². The molecule has 3 heterocycles. The first-order chi connectivity index (χ1) is 24.1. The monoisotopic (exact) mass is 629 g/mol. The van der Waals surface area contributed by atoms with Crippen molar-refractivity contribution in [2.75, 3.05) is 0 Å². The fourth-order valence-electron chi connectivity index (χ4n) is 8.03. The first-order valence-corrected chi connectivity index (χ1v) is 16.7. The summed E-state index contributed by atoms with van der Waals surface area (Å²) in [5.41, 5.74) is 11.5. The molecule has 3 aromatic heterocycles. The molecule has 0 aliphatic heterocycles. The molecule has 6 aromatic carbocycles. The average molecular weight is 630 g/mol. The molecule has 0 amide bonds. The number of hydrogen-bond donors (Lipinski definition) is 0. The Hall–Kier alpha value is -6.33. The maximum atomic E-state index is 5.17. The van der Waals surface area contributed by atoms with Gasteiger partial charge >= 0.3 is 0 Å². The molecule has 1 aliphatic carbocycles. The summed E-state index contributed by atoms with van der Waals surface area (Å²) in [6.45, 7) is 4.72. The van der Waals surface area contributed by atoms with Gasteiger partial charge in [-0.15, -0.1) is 0 Å². The Kier molecular flexibility index (Phi) is 5.85. The third-order valence-corrected chi connectivity index (χ3v) is 10.1. The van der Waals surface area contributed by atoms with Crippen LogP contribution >= 0.6 is 0 Å². The lowest BCUT2D eigenvalue weighted by Crippen LogP contribution is -2.14. The maximum Gasteiger partial charge on any atom is 0.238 e. The topological polar surface area (TPSA) is 48.5 Å². The Bertz CT molecular complexity index is 2660. The molecule has 1 aliphatic rings. The molecule has 0 atom stereocenters. The van der Waals surface area contributed by atoms with Gasteiger partial charge < -0.3 is 4.57 Å². The fraction of sp³-hybridized carbons (Fsp3) is 0.0682. The normalized spacial score (nSPS) is 13.3. The van der Waals surface area contributed by atoms with Crippen molar-refractivity contribution < 1.29 is 0 Å². The van der Waals surface area contributed by atoms with E-state index in [1.807, 2.05) is 36.4 Å². The zero-order valence-electron chi connectivity index (χ0n) is 27.2. The molecule has 10 rings (SSSR count). The molecule has 5 heteroatoms. The van der Waals surface area contributed by atoms with Crippen LogP contribution in [0.25, 0.3) is 78.4 Å². The zero-order valence-corrected chi connectivity index (χ0v) is 27.2. The molecule has 232 valence electrons. The number of nitrogens with zero attached hydrogens (tertiary/aromatic N) is 5. The van der Waals surface area contributed by atoms with Crippen molar-refractivity contribution in [1.29, 1.82) is 0 Å². The Morgan fingerprint density at radius 1 is 0.490 bits per heavy atom. The molecule has 49 heavy (non-hydrogen) atoms. The highest BCUT2D eigenvalue weighted by atomic mass is 15.2. The predicted molar refractivity (Wildman–Crippen MR) is 199 cm³/mol. The second-order valence-electron chi connectivity index (χ2n) is 13.3. The van der Waals surface area contributed by atoms with Gasteiger partial charge in [0.15, 0.2) is 11.6 Å². The standard InChI is InChI=1S/C44H31N5/c1-44(2)34-24-14-12-22-31(34)40-38(44)33-26-27-36-37(39(33)48(40)30-20-10-5-11-21-30)32-23-13-15-25-35(32)49(36)43-46-41(28-16-6-3-7-17-28)45-42(47-43)29-18-8-4-9-19-29/h3-27H,1-2H3. The smallest absolute Gasteiger partial charge is 0.238 e. The molecule has 0 fully saturated rings. The Morgan fingerprint density at radius 2 is 1.08 bits per heavy atom. The second kappa shape index (κ2) is 10.3. The van der Waals surface area contributed by atoms with Gasteiger partial charge in [0, 0.05) is 44.0 Å². The van der Waals surface area contributed by atoms with E-state index < -0.39 is 0 Å². The van der Waals surface area contributed by atoms with E-state index in [0.717, 1.165) is 33.2 Å². The minimum absolute atomic E-state index is 0.167. The van der Waals surface area contributed by atoms with Crippen molar-refractivity contribution in [3.05, 3.63) is 163 Å². The van der Waals surface area contributed by atoms with E-state index in [1.54, 1.807) is 0 Å². The van der Waals surface area contributed by atoms with Gasteiger partial charge in [-0.1, -0.05) is 141 Å². The lowest BCUT2D eigenvalue weighted by molar-refractivity contribution is 0.666. The van der Waals surface area contributed by atoms with Crippen molar-refractivity contribution in [2.24, 2.45) is 0 Å². The van der Waals surface area contributed by atoms with E-state index in [4.69, 9.17) is 15.0 Å². The molecule has 0 N–H and O–H groups in total. The number of para-hydroxylation sites is 2. The number of benzene rings is 6. The molecule has 0 saturated carbocycles. The van der Waals surface area contributed by atoms with Gasteiger partial charge in [0.1, 0.15) is 0 Å². The second-order valence-corrected chi connectivity index (χ2v) is 13.3. The number of hydrogen-bond acceptors (Lipinski definition) is 3. The van der Waals surface area contributed by atoms with Crippen LogP contribution in [0.5, 0.6) is 0 Å². The Balaban J connectivity index is 1.36. The summed E-state index contributed by atoms with van der Waals surface area (Å²) in [6.07, 6.45) is 0. The van der Waals surface area contributed by atoms with Gasteiger partial charge in [-0.05, 0) is 35.4 Å². The van der Waals surface area contributed by atoms with Crippen LogP contribution in [-0.2, 0) is 5.41 Å². The summed E-state index contributed by atoms with van der Waals surface area (Å²) in [5.74, 6) is 1.87. The highest BCUT2D eigenvalue weighted by molar-refractivity contribution is 6.22. The molecular formula is C44H31N5. The van der Waals surface area contributed by atoms with Crippen molar-refractivity contribution in [3.8, 4) is 45.7 Å². The summed E-state index contributed by atoms with van der Waals surface area (Å²) < 4.78 is 4.72. The van der Waals surface area contributed by atoms with Crippen molar-refractivity contribution >= 4 is 32.7 Å². The van der Waals surface area contributed by atoms with Gasteiger partial charge in [-0.25, -0.2) is 4.98 Å². The lowest BCUT2D eigenvalue weighted by Gasteiger charge is -2.21. The first kappa shape index (κ1) is 27.8. The van der Waals surface area contributed by atoms with Gasteiger partial charge in [0.2, 0.25) is 5.95 Å². The molecular weight excluding hydrogens is 599 g/mol. The maximum absolute atomic E-state index is 5.17. The molecule has 0 bridgehead atoms. The third kappa shape index (κ3) is 3.96. The van der Waals surface area contributed by atoms with E-state index in [1.165, 1.54) is 38.7 Å². The summed E-state index contributed by atoms with van der Waals surface area (Å²) in [6, 6.07) is 53.2. The molecule has 9 aromatic rings. The van der Waals surface area contributed by atoms with Gasteiger partial charge in [0.05, 0.1) is 22.2 Å². The quantitative estimate of drug-likeness (QED) is 0.195. The van der Waals surface area contributed by atoms with E-state index in [9.17, 15) is 0 Å². The van der Waals surface area contributed by atoms with Crippen LogP contribution in [0.4, 0.5) is 0 Å². The number of fused-ring (bicyclic) bond motifs is 9. The SMILES string of the molecule is CC1(C)c2ccccc2-c2c1c1ccc3c(c4ccccc4n3-c3nc(-c4ccccc4)nc(-c4ccccc4)n3)c1n2-c1ccccc1. The van der Waals surface area contributed by atoms with Crippen molar-refractivity contribution in [3.63, 3.8) is 0 Å². The summed E-state index contributed by atoms with van der Waals surface area (Å²) in [5, 5.41) is 3.61. The Morgan fingerprint density at radius 3 is 1.78 bits per heavy atom. The van der Waals surface area contributed by atoms with Crippen LogP contribution < -0.4 is 0 Å². The van der Waals surface area contributed by atoms with Crippen LogP contribution in [0.3, 0.4) is 0 Å².